The lowest BCUT2D eigenvalue weighted by Crippen LogP contribution is -2.39. The summed E-state index contributed by atoms with van der Waals surface area (Å²) in [6, 6.07) is 8.71. The van der Waals surface area contributed by atoms with E-state index in [1.165, 1.54) is 11.3 Å². The van der Waals surface area contributed by atoms with Crippen LogP contribution in [0.2, 0.25) is 0 Å². The molecule has 0 aliphatic carbocycles. The van der Waals surface area contributed by atoms with Crippen LogP contribution < -0.4 is 10.1 Å². The second-order valence-electron chi connectivity index (χ2n) is 9.70. The molecule has 2 N–H and O–H groups in total. The number of nitrogens with zero attached hydrogens (tertiary/aromatic N) is 3. The summed E-state index contributed by atoms with van der Waals surface area (Å²) in [5.41, 5.74) is 1.31. The molecule has 0 fully saturated rings. The number of thiophene rings is 1. The van der Waals surface area contributed by atoms with Crippen LogP contribution in [-0.2, 0) is 22.5 Å². The van der Waals surface area contributed by atoms with Gasteiger partial charge in [0, 0.05) is 30.4 Å². The molecule has 3 aromatic rings. The van der Waals surface area contributed by atoms with Crippen molar-refractivity contribution in [2.24, 2.45) is 0 Å². The van der Waals surface area contributed by atoms with Gasteiger partial charge in [-0.2, -0.15) is 0 Å². The monoisotopic (exact) mass is 526 g/mol. The number of fused-ring (bicyclic) bond motifs is 1. The van der Waals surface area contributed by atoms with E-state index in [2.05, 4.69) is 10.3 Å². The van der Waals surface area contributed by atoms with Gasteiger partial charge in [-0.15, -0.1) is 11.3 Å². The van der Waals surface area contributed by atoms with Crippen LogP contribution in [0.4, 0.5) is 4.79 Å². The van der Waals surface area contributed by atoms with E-state index in [4.69, 9.17) is 14.6 Å². The number of carbonyl (C=O) groups is 3. The molecule has 1 aliphatic heterocycles. The van der Waals surface area contributed by atoms with E-state index >= 15 is 0 Å². The molecule has 196 valence electrons. The first-order valence-electron chi connectivity index (χ1n) is 11.9. The molecule has 2 amide bonds. The summed E-state index contributed by atoms with van der Waals surface area (Å²) in [6.45, 7) is 6.39. The molecule has 0 saturated heterocycles. The lowest BCUT2D eigenvalue weighted by atomic mass is 10.1. The SMILES string of the molecule is CC(C)(C)OC(=O)N1CCc2sc(C(=O)NCC(c3ccc(OCC(=O)O)cc3)n3ccnc3)cc2C1. The van der Waals surface area contributed by atoms with E-state index in [9.17, 15) is 14.4 Å². The van der Waals surface area contributed by atoms with Gasteiger partial charge in [-0.05, 0) is 56.5 Å². The Labute approximate surface area is 218 Å². The summed E-state index contributed by atoms with van der Waals surface area (Å²) in [5.74, 6) is -0.783. The number of benzene rings is 1. The van der Waals surface area contributed by atoms with Gasteiger partial charge < -0.3 is 29.4 Å². The number of imidazole rings is 1. The summed E-state index contributed by atoms with van der Waals surface area (Å²) >= 11 is 1.45. The third kappa shape index (κ3) is 6.88. The van der Waals surface area contributed by atoms with Crippen molar-refractivity contribution < 1.29 is 29.0 Å². The fraction of sp³-hybridized carbons (Fsp3) is 0.385. The maximum absolute atomic E-state index is 13.1. The first kappa shape index (κ1) is 26.2. The van der Waals surface area contributed by atoms with Gasteiger partial charge in [0.25, 0.3) is 5.91 Å². The topological polar surface area (TPSA) is 123 Å². The minimum Gasteiger partial charge on any atom is -0.482 e. The Bertz CT molecular complexity index is 1250. The van der Waals surface area contributed by atoms with Crippen LogP contribution in [0.25, 0.3) is 0 Å². The van der Waals surface area contributed by atoms with Crippen molar-refractivity contribution in [1.29, 1.82) is 0 Å². The molecule has 2 aromatic heterocycles. The highest BCUT2D eigenvalue weighted by molar-refractivity contribution is 7.14. The van der Waals surface area contributed by atoms with Gasteiger partial charge >= 0.3 is 12.1 Å². The van der Waals surface area contributed by atoms with Crippen LogP contribution in [0.1, 0.15) is 52.5 Å². The Morgan fingerprint density at radius 2 is 1.97 bits per heavy atom. The van der Waals surface area contributed by atoms with Crippen molar-refractivity contribution in [3.05, 3.63) is 69.9 Å². The summed E-state index contributed by atoms with van der Waals surface area (Å²) in [5, 5.41) is 11.8. The van der Waals surface area contributed by atoms with Crippen molar-refractivity contribution in [3.63, 3.8) is 0 Å². The lowest BCUT2D eigenvalue weighted by molar-refractivity contribution is -0.139. The van der Waals surface area contributed by atoms with Crippen molar-refractivity contribution in [2.75, 3.05) is 19.7 Å². The lowest BCUT2D eigenvalue weighted by Gasteiger charge is -2.29. The number of nitrogens with one attached hydrogen (secondary N) is 1. The summed E-state index contributed by atoms with van der Waals surface area (Å²) < 4.78 is 12.6. The molecule has 0 saturated carbocycles. The Morgan fingerprint density at radius 1 is 1.22 bits per heavy atom. The van der Waals surface area contributed by atoms with E-state index < -0.39 is 18.2 Å². The predicted octanol–water partition coefficient (Wildman–Crippen LogP) is 3.72. The van der Waals surface area contributed by atoms with Crippen LogP contribution in [0.3, 0.4) is 0 Å². The van der Waals surface area contributed by atoms with Crippen molar-refractivity contribution >= 4 is 29.3 Å². The van der Waals surface area contributed by atoms with Crippen molar-refractivity contribution in [3.8, 4) is 5.75 Å². The Balaban J connectivity index is 1.41. The zero-order valence-electron chi connectivity index (χ0n) is 21.0. The van der Waals surface area contributed by atoms with Crippen molar-refractivity contribution in [1.82, 2.24) is 19.8 Å². The predicted molar refractivity (Wildman–Crippen MR) is 137 cm³/mol. The van der Waals surface area contributed by atoms with Crippen LogP contribution in [0.15, 0.2) is 49.1 Å². The average molecular weight is 527 g/mol. The van der Waals surface area contributed by atoms with E-state index in [1.807, 2.05) is 49.7 Å². The second-order valence-corrected chi connectivity index (χ2v) is 10.8. The number of rotatable bonds is 8. The molecule has 11 heteroatoms. The van der Waals surface area contributed by atoms with Crippen LogP contribution in [-0.4, -0.2) is 62.8 Å². The third-order valence-corrected chi connectivity index (χ3v) is 6.95. The summed E-state index contributed by atoms with van der Waals surface area (Å²) in [4.78, 5) is 43.8. The van der Waals surface area contributed by atoms with E-state index in [0.717, 1.165) is 16.0 Å². The molecule has 4 rings (SSSR count). The molecular weight excluding hydrogens is 496 g/mol. The van der Waals surface area contributed by atoms with E-state index in [1.54, 1.807) is 29.6 Å². The van der Waals surface area contributed by atoms with Gasteiger partial charge in [0.1, 0.15) is 11.4 Å². The maximum atomic E-state index is 13.1. The number of hydrogen-bond acceptors (Lipinski definition) is 7. The highest BCUT2D eigenvalue weighted by Crippen LogP contribution is 2.29. The molecule has 37 heavy (non-hydrogen) atoms. The van der Waals surface area contributed by atoms with Gasteiger partial charge in [0.15, 0.2) is 6.61 Å². The number of carbonyl (C=O) groups excluding carboxylic acids is 2. The van der Waals surface area contributed by atoms with E-state index in [0.29, 0.717) is 36.7 Å². The molecule has 0 spiro atoms. The zero-order valence-corrected chi connectivity index (χ0v) is 21.8. The Hall–Kier alpha value is -3.86. The Morgan fingerprint density at radius 3 is 2.62 bits per heavy atom. The minimum absolute atomic E-state index is 0.185. The molecule has 1 unspecified atom stereocenters. The van der Waals surface area contributed by atoms with Crippen molar-refractivity contribution in [2.45, 2.75) is 45.4 Å². The quantitative estimate of drug-likeness (QED) is 0.459. The first-order chi connectivity index (χ1) is 17.6. The molecular formula is C26H30N4O6S. The zero-order chi connectivity index (χ0) is 26.6. The van der Waals surface area contributed by atoms with E-state index in [-0.39, 0.29) is 18.0 Å². The largest absolute Gasteiger partial charge is 0.482 e. The van der Waals surface area contributed by atoms with Gasteiger partial charge in [0.2, 0.25) is 0 Å². The smallest absolute Gasteiger partial charge is 0.410 e. The van der Waals surface area contributed by atoms with Gasteiger partial charge in [-0.3, -0.25) is 4.79 Å². The number of aliphatic carboxylic acids is 1. The molecule has 1 atom stereocenters. The fourth-order valence-electron chi connectivity index (χ4n) is 3.98. The molecule has 1 aliphatic rings. The average Bonchev–Trinajstić information content (AvgIpc) is 3.52. The summed E-state index contributed by atoms with van der Waals surface area (Å²) in [7, 11) is 0. The molecule has 3 heterocycles. The third-order valence-electron chi connectivity index (χ3n) is 5.71. The number of carboxylic acid groups (broad SMARTS) is 1. The van der Waals surface area contributed by atoms with Gasteiger partial charge in [-0.1, -0.05) is 12.1 Å². The standard InChI is InChI=1S/C26H30N4O6S/c1-26(2,3)36-25(34)29-10-8-21-18(14-29)12-22(37-21)24(33)28-13-20(30-11-9-27-16-30)17-4-6-19(7-5-17)35-15-23(31)32/h4-7,9,11-12,16,20H,8,10,13-15H2,1-3H3,(H,28,33)(H,31,32). The first-order valence-corrected chi connectivity index (χ1v) is 12.7. The number of ether oxygens (including phenoxy) is 2. The fourth-order valence-corrected chi connectivity index (χ4v) is 5.06. The Kier molecular flexibility index (Phi) is 7.82. The second kappa shape index (κ2) is 11.0. The number of carboxylic acids is 1. The number of hydrogen-bond donors (Lipinski definition) is 2. The minimum atomic E-state index is -1.05. The normalized spacial score (nSPS) is 14.0. The van der Waals surface area contributed by atoms with Crippen LogP contribution >= 0.6 is 11.3 Å². The van der Waals surface area contributed by atoms with Crippen LogP contribution in [0.5, 0.6) is 5.75 Å². The molecule has 10 nitrogen and oxygen atoms in total. The molecule has 1 aromatic carbocycles. The summed E-state index contributed by atoms with van der Waals surface area (Å²) in [6.07, 6.45) is 5.50. The molecule has 0 radical (unpaired) electrons. The number of aromatic nitrogens is 2. The molecule has 0 bridgehead atoms. The number of amides is 2. The van der Waals surface area contributed by atoms with Gasteiger partial charge in [0.05, 0.1) is 23.8 Å². The highest BCUT2D eigenvalue weighted by atomic mass is 32.1. The maximum Gasteiger partial charge on any atom is 0.410 e. The van der Waals surface area contributed by atoms with Crippen LogP contribution in [0, 0.1) is 0 Å². The van der Waals surface area contributed by atoms with Gasteiger partial charge in [-0.25, -0.2) is 14.6 Å². The highest BCUT2D eigenvalue weighted by Gasteiger charge is 2.28.